The Bertz CT molecular complexity index is 672. The maximum Gasteiger partial charge on any atom is 0.410 e. The normalized spacial score (nSPS) is 18.5. The van der Waals surface area contributed by atoms with E-state index in [1.165, 1.54) is 7.11 Å². The van der Waals surface area contributed by atoms with Crippen LogP contribution in [0.25, 0.3) is 0 Å². The molecular formula is C19H27BrN2O4. The Kier molecular flexibility index (Phi) is 6.69. The van der Waals surface area contributed by atoms with Crippen molar-refractivity contribution in [2.24, 2.45) is 0 Å². The average molecular weight is 427 g/mol. The minimum atomic E-state index is -0.500. The number of carbonyl (C=O) groups excluding carboxylic acids is 2. The van der Waals surface area contributed by atoms with Crippen LogP contribution in [0.3, 0.4) is 0 Å². The molecule has 26 heavy (non-hydrogen) atoms. The highest BCUT2D eigenvalue weighted by Gasteiger charge is 2.31. The van der Waals surface area contributed by atoms with Crippen molar-refractivity contribution in [3.05, 3.63) is 33.8 Å². The van der Waals surface area contributed by atoms with Gasteiger partial charge in [0, 0.05) is 36.7 Å². The second-order valence-electron chi connectivity index (χ2n) is 7.55. The topological polar surface area (TPSA) is 59.1 Å². The first-order chi connectivity index (χ1) is 12.1. The summed E-state index contributed by atoms with van der Waals surface area (Å²) in [5, 5.41) is 0. The number of benzene rings is 1. The van der Waals surface area contributed by atoms with Crippen LogP contribution < -0.4 is 0 Å². The number of halogens is 1. The molecule has 0 N–H and O–H groups in total. The monoisotopic (exact) mass is 426 g/mol. The zero-order valence-electron chi connectivity index (χ0n) is 16.0. The number of rotatable bonds is 3. The van der Waals surface area contributed by atoms with E-state index in [1.807, 2.05) is 39.8 Å². The molecule has 2 rings (SSSR count). The minimum Gasteiger partial charge on any atom is -0.465 e. The van der Waals surface area contributed by atoms with Crippen LogP contribution in [-0.4, -0.2) is 60.2 Å². The number of hydrogen-bond acceptors (Lipinski definition) is 5. The van der Waals surface area contributed by atoms with Crippen LogP contribution in [-0.2, 0) is 16.0 Å². The third-order valence-electron chi connectivity index (χ3n) is 4.21. The molecule has 7 heteroatoms. The quantitative estimate of drug-likeness (QED) is 0.689. The van der Waals surface area contributed by atoms with E-state index in [1.54, 1.807) is 11.0 Å². The van der Waals surface area contributed by atoms with Gasteiger partial charge in [-0.3, -0.25) is 4.90 Å². The van der Waals surface area contributed by atoms with Crippen molar-refractivity contribution in [2.45, 2.75) is 45.9 Å². The molecule has 1 amide bonds. The number of carbonyl (C=O) groups is 2. The van der Waals surface area contributed by atoms with Crippen molar-refractivity contribution in [3.63, 3.8) is 0 Å². The number of piperazine rings is 1. The average Bonchev–Trinajstić information content (AvgIpc) is 2.52. The lowest BCUT2D eigenvalue weighted by atomic mass is 10.1. The van der Waals surface area contributed by atoms with Gasteiger partial charge in [0.25, 0.3) is 0 Å². The summed E-state index contributed by atoms with van der Waals surface area (Å²) in [5.74, 6) is -0.340. The zero-order valence-corrected chi connectivity index (χ0v) is 17.6. The van der Waals surface area contributed by atoms with Gasteiger partial charge in [0.2, 0.25) is 0 Å². The lowest BCUT2D eigenvalue weighted by Gasteiger charge is -2.40. The maximum absolute atomic E-state index is 12.3. The van der Waals surface area contributed by atoms with E-state index in [0.29, 0.717) is 25.2 Å². The van der Waals surface area contributed by atoms with Gasteiger partial charge in [-0.05, 0) is 51.5 Å². The summed E-state index contributed by atoms with van der Waals surface area (Å²) in [6, 6.07) is 5.58. The van der Waals surface area contributed by atoms with Gasteiger partial charge in [-0.1, -0.05) is 15.9 Å². The van der Waals surface area contributed by atoms with Gasteiger partial charge in [0.15, 0.2) is 0 Å². The lowest BCUT2D eigenvalue weighted by molar-refractivity contribution is 0.000546. The van der Waals surface area contributed by atoms with Gasteiger partial charge in [-0.2, -0.15) is 0 Å². The smallest absolute Gasteiger partial charge is 0.410 e. The first-order valence-electron chi connectivity index (χ1n) is 8.69. The number of amides is 1. The third-order valence-corrected chi connectivity index (χ3v) is 4.70. The van der Waals surface area contributed by atoms with E-state index in [2.05, 4.69) is 20.8 Å². The molecule has 1 aromatic carbocycles. The Labute approximate surface area is 163 Å². The van der Waals surface area contributed by atoms with Crippen LogP contribution in [0.2, 0.25) is 0 Å². The van der Waals surface area contributed by atoms with Crippen molar-refractivity contribution in [1.82, 2.24) is 9.80 Å². The number of hydrogen-bond donors (Lipinski definition) is 0. The first kappa shape index (κ1) is 20.7. The van der Waals surface area contributed by atoms with Crippen molar-refractivity contribution >= 4 is 28.0 Å². The molecule has 1 aliphatic heterocycles. The van der Waals surface area contributed by atoms with E-state index < -0.39 is 5.60 Å². The largest absolute Gasteiger partial charge is 0.465 e. The fourth-order valence-corrected chi connectivity index (χ4v) is 3.42. The molecule has 0 spiro atoms. The van der Waals surface area contributed by atoms with Gasteiger partial charge in [-0.15, -0.1) is 0 Å². The SMILES string of the molecule is COC(=O)c1ccc(Br)cc1CN1CCN(C(=O)OC(C)(C)C)[C@@H](C)C1. The summed E-state index contributed by atoms with van der Waals surface area (Å²) in [7, 11) is 1.38. The van der Waals surface area contributed by atoms with Gasteiger partial charge in [0.1, 0.15) is 5.60 Å². The van der Waals surface area contributed by atoms with Crippen LogP contribution in [0.15, 0.2) is 22.7 Å². The number of ether oxygens (including phenoxy) is 2. The molecule has 0 unspecified atom stereocenters. The molecule has 0 aliphatic carbocycles. The second-order valence-corrected chi connectivity index (χ2v) is 8.47. The highest BCUT2D eigenvalue weighted by Crippen LogP contribution is 2.22. The Morgan fingerprint density at radius 2 is 1.96 bits per heavy atom. The third kappa shape index (κ3) is 5.45. The number of esters is 1. The number of methoxy groups -OCH3 is 1. The lowest BCUT2D eigenvalue weighted by Crippen LogP contribution is -2.54. The molecule has 1 aromatic rings. The van der Waals surface area contributed by atoms with Gasteiger partial charge in [-0.25, -0.2) is 9.59 Å². The van der Waals surface area contributed by atoms with Crippen LogP contribution in [0.1, 0.15) is 43.6 Å². The standard InChI is InChI=1S/C19H27BrN2O4/c1-13-11-21(8-9-22(13)18(24)26-19(2,3)4)12-14-10-15(20)6-7-16(14)17(23)25-5/h6-7,10,13H,8-9,11-12H2,1-5H3/t13-/m0/s1. The predicted octanol–water partition coefficient (Wildman–Crippen LogP) is 3.68. The summed E-state index contributed by atoms with van der Waals surface area (Å²) >= 11 is 3.46. The van der Waals surface area contributed by atoms with Crippen molar-refractivity contribution in [3.8, 4) is 0 Å². The first-order valence-corrected chi connectivity index (χ1v) is 9.48. The zero-order chi connectivity index (χ0) is 19.5. The molecule has 0 aromatic heterocycles. The highest BCUT2D eigenvalue weighted by atomic mass is 79.9. The molecule has 1 heterocycles. The van der Waals surface area contributed by atoms with E-state index in [4.69, 9.17) is 9.47 Å². The molecule has 1 fully saturated rings. The Morgan fingerprint density at radius 3 is 2.54 bits per heavy atom. The van der Waals surface area contributed by atoms with Crippen molar-refractivity contribution in [2.75, 3.05) is 26.7 Å². The molecular weight excluding hydrogens is 400 g/mol. The maximum atomic E-state index is 12.3. The predicted molar refractivity (Wildman–Crippen MR) is 103 cm³/mol. The fraction of sp³-hybridized carbons (Fsp3) is 0.579. The Morgan fingerprint density at radius 1 is 1.27 bits per heavy atom. The van der Waals surface area contributed by atoms with Crippen LogP contribution in [0.4, 0.5) is 4.79 Å². The van der Waals surface area contributed by atoms with Crippen molar-refractivity contribution in [1.29, 1.82) is 0 Å². The fourth-order valence-electron chi connectivity index (χ4n) is 3.01. The molecule has 1 atom stereocenters. The molecule has 0 saturated carbocycles. The van der Waals surface area contributed by atoms with E-state index >= 15 is 0 Å². The minimum absolute atomic E-state index is 0.0346. The second kappa shape index (κ2) is 8.39. The molecule has 6 nitrogen and oxygen atoms in total. The van der Waals surface area contributed by atoms with Crippen LogP contribution in [0.5, 0.6) is 0 Å². The van der Waals surface area contributed by atoms with Gasteiger partial charge < -0.3 is 14.4 Å². The summed E-state index contributed by atoms with van der Waals surface area (Å²) in [4.78, 5) is 28.3. The summed E-state index contributed by atoms with van der Waals surface area (Å²) < 4.78 is 11.3. The summed E-state index contributed by atoms with van der Waals surface area (Å²) in [5.41, 5.74) is 0.974. The van der Waals surface area contributed by atoms with Crippen molar-refractivity contribution < 1.29 is 19.1 Å². The Hall–Kier alpha value is -1.60. The van der Waals surface area contributed by atoms with E-state index in [9.17, 15) is 9.59 Å². The molecule has 144 valence electrons. The molecule has 1 saturated heterocycles. The van der Waals surface area contributed by atoms with E-state index in [-0.39, 0.29) is 18.1 Å². The molecule has 1 aliphatic rings. The highest BCUT2D eigenvalue weighted by molar-refractivity contribution is 9.10. The van der Waals surface area contributed by atoms with Gasteiger partial charge in [0.05, 0.1) is 12.7 Å². The Balaban J connectivity index is 2.05. The molecule has 0 bridgehead atoms. The van der Waals surface area contributed by atoms with E-state index in [0.717, 1.165) is 16.6 Å². The molecule has 0 radical (unpaired) electrons. The summed E-state index contributed by atoms with van der Waals surface area (Å²) in [6.07, 6.45) is -0.276. The van der Waals surface area contributed by atoms with Crippen LogP contribution in [0, 0.1) is 0 Å². The van der Waals surface area contributed by atoms with Gasteiger partial charge >= 0.3 is 12.1 Å². The number of nitrogens with zero attached hydrogens (tertiary/aromatic N) is 2. The van der Waals surface area contributed by atoms with Crippen LogP contribution >= 0.6 is 15.9 Å². The summed E-state index contributed by atoms with van der Waals surface area (Å²) in [6.45, 7) is 10.3.